The van der Waals surface area contributed by atoms with Gasteiger partial charge in [0.2, 0.25) is 0 Å². The second kappa shape index (κ2) is 5.94. The number of benzene rings is 2. The van der Waals surface area contributed by atoms with Crippen LogP contribution in [0.1, 0.15) is 56.7 Å². The van der Waals surface area contributed by atoms with Gasteiger partial charge >= 0.3 is 0 Å². The van der Waals surface area contributed by atoms with Gasteiger partial charge in [0.1, 0.15) is 16.9 Å². The van der Waals surface area contributed by atoms with Gasteiger partial charge in [0, 0.05) is 10.9 Å². The standard InChI is InChI=1S/C23H26O2/c1-5-6-7-8-16-14-20-21(22-17(16)11-12-24-22)18-13-15(2)9-10-19(18)23(3,4)25-20/h9-14H,5-8H2,1-4H3. The van der Waals surface area contributed by atoms with Crippen molar-refractivity contribution in [3.8, 4) is 16.9 Å². The highest BCUT2D eigenvalue weighted by molar-refractivity contribution is 5.99. The summed E-state index contributed by atoms with van der Waals surface area (Å²) < 4.78 is 12.4. The fourth-order valence-corrected chi connectivity index (χ4v) is 4.00. The minimum absolute atomic E-state index is 0.336. The van der Waals surface area contributed by atoms with E-state index in [1.165, 1.54) is 46.9 Å². The zero-order valence-electron chi connectivity index (χ0n) is 15.6. The van der Waals surface area contributed by atoms with Crippen LogP contribution in [0.15, 0.2) is 41.0 Å². The van der Waals surface area contributed by atoms with Crippen molar-refractivity contribution in [2.24, 2.45) is 0 Å². The first-order chi connectivity index (χ1) is 12.0. The van der Waals surface area contributed by atoms with E-state index >= 15 is 0 Å². The number of hydrogen-bond donors (Lipinski definition) is 0. The molecule has 4 rings (SSSR count). The fourth-order valence-electron chi connectivity index (χ4n) is 4.00. The lowest BCUT2D eigenvalue weighted by Crippen LogP contribution is -2.29. The molecular formula is C23H26O2. The molecule has 0 spiro atoms. The normalized spacial score (nSPS) is 14.9. The molecule has 1 aromatic heterocycles. The van der Waals surface area contributed by atoms with Gasteiger partial charge in [0.05, 0.1) is 11.8 Å². The number of furan rings is 1. The third kappa shape index (κ3) is 2.64. The summed E-state index contributed by atoms with van der Waals surface area (Å²) in [4.78, 5) is 0. The first-order valence-corrected chi connectivity index (χ1v) is 9.35. The lowest BCUT2D eigenvalue weighted by molar-refractivity contribution is 0.106. The van der Waals surface area contributed by atoms with Crippen LogP contribution in [0.4, 0.5) is 0 Å². The summed E-state index contributed by atoms with van der Waals surface area (Å²) in [6.45, 7) is 8.67. The summed E-state index contributed by atoms with van der Waals surface area (Å²) in [5.41, 5.74) is 6.80. The van der Waals surface area contributed by atoms with Crippen molar-refractivity contribution in [3.05, 3.63) is 53.3 Å². The summed E-state index contributed by atoms with van der Waals surface area (Å²) in [6, 6.07) is 11.0. The second-order valence-corrected chi connectivity index (χ2v) is 7.69. The van der Waals surface area contributed by atoms with Crippen molar-refractivity contribution in [2.45, 2.75) is 59.0 Å². The molecule has 0 saturated carbocycles. The van der Waals surface area contributed by atoms with E-state index in [1.54, 1.807) is 0 Å². The Hall–Kier alpha value is -2.22. The molecule has 2 aromatic carbocycles. The Kier molecular flexibility index (Phi) is 3.87. The van der Waals surface area contributed by atoms with Crippen LogP contribution in [0.25, 0.3) is 22.1 Å². The van der Waals surface area contributed by atoms with Crippen LogP contribution in [-0.2, 0) is 12.0 Å². The third-order valence-electron chi connectivity index (χ3n) is 5.30. The number of hydrogen-bond acceptors (Lipinski definition) is 2. The van der Waals surface area contributed by atoms with E-state index in [0.29, 0.717) is 0 Å². The van der Waals surface area contributed by atoms with Gasteiger partial charge in [-0.05, 0) is 56.9 Å². The van der Waals surface area contributed by atoms with Gasteiger partial charge in [-0.1, -0.05) is 43.5 Å². The van der Waals surface area contributed by atoms with E-state index in [4.69, 9.17) is 9.15 Å². The molecule has 3 aromatic rings. The van der Waals surface area contributed by atoms with Crippen LogP contribution in [-0.4, -0.2) is 0 Å². The maximum atomic E-state index is 6.45. The van der Waals surface area contributed by atoms with Crippen molar-refractivity contribution >= 4 is 11.0 Å². The van der Waals surface area contributed by atoms with E-state index < -0.39 is 0 Å². The molecule has 2 heterocycles. The molecular weight excluding hydrogens is 308 g/mol. The number of rotatable bonds is 4. The molecule has 0 N–H and O–H groups in total. The molecule has 1 aliphatic rings. The van der Waals surface area contributed by atoms with Gasteiger partial charge in [-0.2, -0.15) is 0 Å². The fraction of sp³-hybridized carbons (Fsp3) is 0.391. The van der Waals surface area contributed by atoms with Crippen molar-refractivity contribution in [1.29, 1.82) is 0 Å². The van der Waals surface area contributed by atoms with Gasteiger partial charge < -0.3 is 9.15 Å². The van der Waals surface area contributed by atoms with E-state index in [-0.39, 0.29) is 5.60 Å². The maximum absolute atomic E-state index is 6.45. The Bertz CT molecular complexity index is 931. The monoisotopic (exact) mass is 334 g/mol. The topological polar surface area (TPSA) is 22.4 Å². The average Bonchev–Trinajstić information content (AvgIpc) is 3.03. The van der Waals surface area contributed by atoms with E-state index in [1.807, 2.05) is 6.26 Å². The number of aryl methyl sites for hydroxylation is 2. The van der Waals surface area contributed by atoms with Crippen LogP contribution in [0.3, 0.4) is 0 Å². The first kappa shape index (κ1) is 16.3. The Morgan fingerprint density at radius 1 is 1.04 bits per heavy atom. The van der Waals surface area contributed by atoms with Gasteiger partial charge in [0.15, 0.2) is 0 Å². The molecule has 0 radical (unpaired) electrons. The Balaban J connectivity index is 1.94. The van der Waals surface area contributed by atoms with Crippen LogP contribution in [0, 0.1) is 6.92 Å². The smallest absolute Gasteiger partial charge is 0.145 e. The Labute approximate surface area is 149 Å². The highest BCUT2D eigenvalue weighted by Gasteiger charge is 2.34. The molecule has 0 amide bonds. The highest BCUT2D eigenvalue weighted by atomic mass is 16.5. The van der Waals surface area contributed by atoms with E-state index in [9.17, 15) is 0 Å². The first-order valence-electron chi connectivity index (χ1n) is 9.35. The quantitative estimate of drug-likeness (QED) is 0.491. The summed E-state index contributed by atoms with van der Waals surface area (Å²) in [6.07, 6.45) is 6.57. The van der Waals surface area contributed by atoms with Crippen LogP contribution < -0.4 is 4.74 Å². The minimum atomic E-state index is -0.336. The van der Waals surface area contributed by atoms with Crippen LogP contribution in [0.5, 0.6) is 5.75 Å². The molecule has 2 nitrogen and oxygen atoms in total. The molecule has 0 bridgehead atoms. The summed E-state index contributed by atoms with van der Waals surface area (Å²) in [7, 11) is 0. The zero-order chi connectivity index (χ0) is 17.6. The molecule has 0 aliphatic carbocycles. The molecule has 0 unspecified atom stereocenters. The molecule has 1 aliphatic heterocycles. The SMILES string of the molecule is CCCCCc1cc2c(c3occc13)-c1cc(C)ccc1C(C)(C)O2. The van der Waals surface area contributed by atoms with E-state index in [0.717, 1.165) is 23.3 Å². The number of ether oxygens (including phenoxy) is 1. The Morgan fingerprint density at radius 3 is 2.68 bits per heavy atom. The predicted octanol–water partition coefficient (Wildman–Crippen LogP) is 6.77. The molecule has 25 heavy (non-hydrogen) atoms. The van der Waals surface area contributed by atoms with Gasteiger partial charge in [-0.3, -0.25) is 0 Å². The average molecular weight is 334 g/mol. The zero-order valence-corrected chi connectivity index (χ0v) is 15.6. The predicted molar refractivity (Wildman–Crippen MR) is 103 cm³/mol. The third-order valence-corrected chi connectivity index (χ3v) is 5.30. The second-order valence-electron chi connectivity index (χ2n) is 7.69. The molecule has 0 atom stereocenters. The number of unbranched alkanes of at least 4 members (excludes halogenated alkanes) is 2. The van der Waals surface area contributed by atoms with E-state index in [2.05, 4.69) is 58.0 Å². The summed E-state index contributed by atoms with van der Waals surface area (Å²) >= 11 is 0. The molecule has 2 heteroatoms. The van der Waals surface area contributed by atoms with Crippen molar-refractivity contribution < 1.29 is 9.15 Å². The Morgan fingerprint density at radius 2 is 1.88 bits per heavy atom. The summed E-state index contributed by atoms with van der Waals surface area (Å²) in [5.74, 6) is 0.956. The molecule has 130 valence electrons. The summed E-state index contributed by atoms with van der Waals surface area (Å²) in [5, 5.41) is 1.23. The van der Waals surface area contributed by atoms with Crippen LogP contribution >= 0.6 is 0 Å². The lowest BCUT2D eigenvalue weighted by atomic mass is 9.84. The highest BCUT2D eigenvalue weighted by Crippen LogP contribution is 2.49. The maximum Gasteiger partial charge on any atom is 0.145 e. The molecule has 0 fully saturated rings. The van der Waals surface area contributed by atoms with Gasteiger partial charge in [-0.15, -0.1) is 0 Å². The number of fused-ring (bicyclic) bond motifs is 5. The lowest BCUT2D eigenvalue weighted by Gasteiger charge is -2.35. The van der Waals surface area contributed by atoms with Crippen LogP contribution in [0.2, 0.25) is 0 Å². The minimum Gasteiger partial charge on any atom is -0.482 e. The molecule has 0 saturated heterocycles. The van der Waals surface area contributed by atoms with Crippen molar-refractivity contribution in [1.82, 2.24) is 0 Å². The van der Waals surface area contributed by atoms with Gasteiger partial charge in [0.25, 0.3) is 0 Å². The van der Waals surface area contributed by atoms with Crippen molar-refractivity contribution in [2.75, 3.05) is 0 Å². The van der Waals surface area contributed by atoms with Gasteiger partial charge in [-0.25, -0.2) is 0 Å². The van der Waals surface area contributed by atoms with Crippen molar-refractivity contribution in [3.63, 3.8) is 0 Å². The largest absolute Gasteiger partial charge is 0.482 e.